The molecule has 3 rings (SSSR count). The van der Waals surface area contributed by atoms with Crippen molar-refractivity contribution >= 4 is 23.1 Å². The molecule has 3 nitrogen and oxygen atoms in total. The van der Waals surface area contributed by atoms with Gasteiger partial charge in [0.2, 0.25) is 0 Å². The maximum atomic E-state index is 5.31. The van der Waals surface area contributed by atoms with Crippen molar-refractivity contribution in [1.29, 1.82) is 0 Å². The fourth-order valence-electron chi connectivity index (χ4n) is 2.60. The van der Waals surface area contributed by atoms with Gasteiger partial charge in [-0.25, -0.2) is 0 Å². The highest BCUT2D eigenvalue weighted by molar-refractivity contribution is 7.98. The molecule has 1 aliphatic heterocycles. The zero-order valence-corrected chi connectivity index (χ0v) is 14.0. The summed E-state index contributed by atoms with van der Waals surface area (Å²) in [4.78, 5) is 7.25. The van der Waals surface area contributed by atoms with E-state index in [1.165, 1.54) is 28.2 Å². The van der Waals surface area contributed by atoms with E-state index in [0.717, 1.165) is 18.0 Å². The first kappa shape index (κ1) is 14.9. The Morgan fingerprint density at radius 2 is 2.29 bits per heavy atom. The average Bonchev–Trinajstić information content (AvgIpc) is 2.96. The van der Waals surface area contributed by atoms with E-state index in [9.17, 15) is 0 Å². The third-order valence-electron chi connectivity index (χ3n) is 3.64. The summed E-state index contributed by atoms with van der Waals surface area (Å²) < 4.78 is 5.31. The number of thioether (sulfide) groups is 1. The number of rotatable bonds is 5. The lowest BCUT2D eigenvalue weighted by Gasteiger charge is -2.17. The van der Waals surface area contributed by atoms with E-state index in [-0.39, 0.29) is 6.04 Å². The van der Waals surface area contributed by atoms with Gasteiger partial charge in [0.1, 0.15) is 5.75 Å². The van der Waals surface area contributed by atoms with Crippen LogP contribution in [0.5, 0.6) is 5.75 Å². The van der Waals surface area contributed by atoms with E-state index in [1.807, 2.05) is 29.3 Å². The molecule has 1 aliphatic rings. The molecule has 0 saturated heterocycles. The second-order valence-corrected chi connectivity index (χ2v) is 7.32. The van der Waals surface area contributed by atoms with Crippen LogP contribution in [0, 0.1) is 0 Å². The molecule has 0 saturated carbocycles. The van der Waals surface area contributed by atoms with E-state index < -0.39 is 0 Å². The van der Waals surface area contributed by atoms with Crippen LogP contribution in [0.1, 0.15) is 33.8 Å². The molecule has 0 bridgehead atoms. The molecule has 1 atom stereocenters. The van der Waals surface area contributed by atoms with Crippen LogP contribution in [0.25, 0.3) is 0 Å². The second-order valence-electron chi connectivity index (χ2n) is 5.05. The molecule has 0 amide bonds. The van der Waals surface area contributed by atoms with E-state index >= 15 is 0 Å². The minimum absolute atomic E-state index is 0.207. The summed E-state index contributed by atoms with van der Waals surface area (Å²) in [6.07, 6.45) is 4.89. The Labute approximate surface area is 134 Å². The number of thiophene rings is 1. The van der Waals surface area contributed by atoms with Crippen LogP contribution in [-0.2, 0) is 12.2 Å². The van der Waals surface area contributed by atoms with Crippen molar-refractivity contribution in [2.24, 2.45) is 0 Å². The van der Waals surface area contributed by atoms with Crippen molar-refractivity contribution in [3.05, 3.63) is 45.4 Å². The number of aryl methyl sites for hydroxylation is 1. The number of methoxy groups -OCH3 is 1. The molecule has 0 fully saturated rings. The second kappa shape index (κ2) is 6.81. The van der Waals surface area contributed by atoms with Crippen LogP contribution < -0.4 is 10.1 Å². The lowest BCUT2D eigenvalue weighted by molar-refractivity contribution is 0.411. The summed E-state index contributed by atoms with van der Waals surface area (Å²) in [6.45, 7) is 3.07. The molecule has 1 unspecified atom stereocenters. The zero-order chi connectivity index (χ0) is 14.7. The highest BCUT2D eigenvalue weighted by Crippen LogP contribution is 2.36. The molecule has 0 aromatic carbocycles. The molecule has 112 valence electrons. The van der Waals surface area contributed by atoms with Crippen molar-refractivity contribution in [2.75, 3.05) is 19.4 Å². The highest BCUT2D eigenvalue weighted by atomic mass is 32.2. The van der Waals surface area contributed by atoms with Crippen LogP contribution >= 0.6 is 23.1 Å². The lowest BCUT2D eigenvalue weighted by Crippen LogP contribution is -2.21. The fourth-order valence-corrected chi connectivity index (χ4v) is 5.08. The Morgan fingerprint density at radius 3 is 3.05 bits per heavy atom. The SMILES string of the molecule is CCNC(c1cncc(OC)c1)c1cc2c(s1)CCSC2. The summed E-state index contributed by atoms with van der Waals surface area (Å²) in [5.74, 6) is 3.22. The molecule has 5 heteroatoms. The molecule has 0 spiro atoms. The normalized spacial score (nSPS) is 15.5. The number of nitrogens with zero attached hydrogens (tertiary/aromatic N) is 1. The van der Waals surface area contributed by atoms with Gasteiger partial charge in [-0.15, -0.1) is 11.3 Å². The number of nitrogens with one attached hydrogen (secondary N) is 1. The summed E-state index contributed by atoms with van der Waals surface area (Å²) in [7, 11) is 1.68. The Morgan fingerprint density at radius 1 is 1.38 bits per heavy atom. The van der Waals surface area contributed by atoms with Gasteiger partial charge in [-0.2, -0.15) is 11.8 Å². The van der Waals surface area contributed by atoms with Gasteiger partial charge in [0.15, 0.2) is 0 Å². The fraction of sp³-hybridized carbons (Fsp3) is 0.438. The molecule has 2 aromatic heterocycles. The Bertz CT molecular complexity index is 589. The molecule has 0 radical (unpaired) electrons. The summed E-state index contributed by atoms with van der Waals surface area (Å²) in [6, 6.07) is 4.66. The number of hydrogen-bond acceptors (Lipinski definition) is 5. The Kier molecular flexibility index (Phi) is 4.83. The molecule has 21 heavy (non-hydrogen) atoms. The lowest BCUT2D eigenvalue weighted by atomic mass is 10.1. The number of ether oxygens (including phenoxy) is 1. The molecule has 0 aliphatic carbocycles. The summed E-state index contributed by atoms with van der Waals surface area (Å²) in [5, 5.41) is 3.58. The maximum Gasteiger partial charge on any atom is 0.137 e. The Balaban J connectivity index is 1.94. The van der Waals surface area contributed by atoms with Crippen LogP contribution in [-0.4, -0.2) is 24.4 Å². The smallest absolute Gasteiger partial charge is 0.137 e. The first-order chi connectivity index (χ1) is 10.3. The van der Waals surface area contributed by atoms with Crippen LogP contribution in [0.15, 0.2) is 24.5 Å². The van der Waals surface area contributed by atoms with Gasteiger partial charge >= 0.3 is 0 Å². The van der Waals surface area contributed by atoms with Gasteiger partial charge in [-0.1, -0.05) is 6.92 Å². The number of pyridine rings is 1. The molecule has 2 aromatic rings. The topological polar surface area (TPSA) is 34.2 Å². The minimum Gasteiger partial charge on any atom is -0.495 e. The predicted octanol–water partition coefficient (Wildman–Crippen LogP) is 3.64. The van der Waals surface area contributed by atoms with Gasteiger partial charge in [0.05, 0.1) is 19.3 Å². The third-order valence-corrected chi connectivity index (χ3v) is 5.95. The van der Waals surface area contributed by atoms with Gasteiger partial charge in [0, 0.05) is 21.7 Å². The summed E-state index contributed by atoms with van der Waals surface area (Å²) >= 11 is 3.98. The standard InChI is InChI=1S/C16H20N2OS2/c1-3-18-16(11-6-13(19-2)9-17-8-11)15-7-12-10-20-5-4-14(12)21-15/h6-9,16,18H,3-5,10H2,1-2H3. The predicted molar refractivity (Wildman–Crippen MR) is 90.5 cm³/mol. The number of aromatic nitrogens is 1. The maximum absolute atomic E-state index is 5.31. The number of hydrogen-bond donors (Lipinski definition) is 1. The Hall–Kier alpha value is -1.04. The number of fused-ring (bicyclic) bond motifs is 1. The average molecular weight is 320 g/mol. The van der Waals surface area contributed by atoms with E-state index in [4.69, 9.17) is 4.74 Å². The van der Waals surface area contributed by atoms with Crippen molar-refractivity contribution in [2.45, 2.75) is 25.1 Å². The molecule has 3 heterocycles. The van der Waals surface area contributed by atoms with Gasteiger partial charge in [0.25, 0.3) is 0 Å². The summed E-state index contributed by atoms with van der Waals surface area (Å²) in [5.41, 5.74) is 2.69. The first-order valence-electron chi connectivity index (χ1n) is 7.23. The zero-order valence-electron chi connectivity index (χ0n) is 12.4. The van der Waals surface area contributed by atoms with Gasteiger partial charge in [-0.3, -0.25) is 4.98 Å². The van der Waals surface area contributed by atoms with E-state index in [0.29, 0.717) is 0 Å². The van der Waals surface area contributed by atoms with E-state index in [2.05, 4.69) is 29.4 Å². The van der Waals surface area contributed by atoms with Crippen molar-refractivity contribution in [1.82, 2.24) is 10.3 Å². The quantitative estimate of drug-likeness (QED) is 0.912. The van der Waals surface area contributed by atoms with Crippen molar-refractivity contribution in [3.8, 4) is 5.75 Å². The van der Waals surface area contributed by atoms with Crippen LogP contribution in [0.3, 0.4) is 0 Å². The van der Waals surface area contributed by atoms with Crippen LogP contribution in [0.4, 0.5) is 0 Å². The van der Waals surface area contributed by atoms with Crippen molar-refractivity contribution < 1.29 is 4.74 Å². The third kappa shape index (κ3) is 3.25. The largest absolute Gasteiger partial charge is 0.495 e. The van der Waals surface area contributed by atoms with E-state index in [1.54, 1.807) is 18.2 Å². The monoisotopic (exact) mass is 320 g/mol. The minimum atomic E-state index is 0.207. The first-order valence-corrected chi connectivity index (χ1v) is 9.20. The molecular weight excluding hydrogens is 300 g/mol. The molecule has 1 N–H and O–H groups in total. The van der Waals surface area contributed by atoms with Gasteiger partial charge in [-0.05, 0) is 42.0 Å². The van der Waals surface area contributed by atoms with Crippen LogP contribution in [0.2, 0.25) is 0 Å². The highest BCUT2D eigenvalue weighted by Gasteiger charge is 2.20. The van der Waals surface area contributed by atoms with Crippen molar-refractivity contribution in [3.63, 3.8) is 0 Å². The molecular formula is C16H20N2OS2. The van der Waals surface area contributed by atoms with Gasteiger partial charge < -0.3 is 10.1 Å².